The topological polar surface area (TPSA) is 65.5 Å². The maximum atomic E-state index is 11.5. The molecule has 1 fully saturated rings. The van der Waals surface area contributed by atoms with Crippen molar-refractivity contribution in [3.8, 4) is 0 Å². The smallest absolute Gasteiger partial charge is 0.347 e. The van der Waals surface area contributed by atoms with Crippen LogP contribution in [0.1, 0.15) is 48.1 Å². The Hall–Kier alpha value is -0.980. The molecule has 0 saturated carbocycles. The van der Waals surface area contributed by atoms with Gasteiger partial charge in [0.1, 0.15) is 9.88 Å². The first kappa shape index (κ1) is 16.4. The predicted octanol–water partition coefficient (Wildman–Crippen LogP) is 2.18. The summed E-state index contributed by atoms with van der Waals surface area (Å²) in [6.07, 6.45) is 0.718. The summed E-state index contributed by atoms with van der Waals surface area (Å²) in [4.78, 5) is 18.9. The van der Waals surface area contributed by atoms with Gasteiger partial charge < -0.3 is 10.4 Å². The molecule has 0 amide bonds. The minimum atomic E-state index is -0.856. The third kappa shape index (κ3) is 3.62. The van der Waals surface area contributed by atoms with Crippen LogP contribution < -0.4 is 5.32 Å². The molecule has 0 atom stereocenters. The van der Waals surface area contributed by atoms with E-state index >= 15 is 0 Å². The van der Waals surface area contributed by atoms with E-state index in [2.05, 4.69) is 37.9 Å². The van der Waals surface area contributed by atoms with Gasteiger partial charge in [-0.2, -0.15) is 0 Å². The Morgan fingerprint density at radius 2 is 2.05 bits per heavy atom. The Balaban J connectivity index is 2.31. The van der Waals surface area contributed by atoms with Crippen LogP contribution in [0.25, 0.3) is 0 Å². The molecule has 1 aliphatic rings. The highest BCUT2D eigenvalue weighted by Crippen LogP contribution is 2.33. The molecule has 0 aromatic carbocycles. The lowest BCUT2D eigenvalue weighted by molar-refractivity contribution is 0.0700. The fraction of sp³-hybridized carbons (Fsp3) is 0.733. The van der Waals surface area contributed by atoms with Gasteiger partial charge in [-0.25, -0.2) is 9.78 Å². The number of aromatic nitrogens is 1. The average molecular weight is 311 g/mol. The van der Waals surface area contributed by atoms with Gasteiger partial charge >= 0.3 is 5.97 Å². The maximum Gasteiger partial charge on any atom is 0.347 e. The van der Waals surface area contributed by atoms with E-state index in [-0.39, 0.29) is 5.54 Å². The van der Waals surface area contributed by atoms with E-state index in [0.29, 0.717) is 10.8 Å². The monoisotopic (exact) mass is 311 g/mol. The van der Waals surface area contributed by atoms with Crippen LogP contribution >= 0.6 is 11.3 Å². The van der Waals surface area contributed by atoms with Crippen LogP contribution in [-0.2, 0) is 12.0 Å². The zero-order valence-electron chi connectivity index (χ0n) is 13.3. The van der Waals surface area contributed by atoms with Gasteiger partial charge in [-0.05, 0) is 26.2 Å². The summed E-state index contributed by atoms with van der Waals surface area (Å²) in [5.41, 5.74) is 0.521. The molecule has 1 aromatic rings. The number of carboxylic acids is 1. The number of thiazole rings is 1. The van der Waals surface area contributed by atoms with E-state index in [9.17, 15) is 9.90 Å². The van der Waals surface area contributed by atoms with Gasteiger partial charge in [-0.3, -0.25) is 4.90 Å². The van der Waals surface area contributed by atoms with Crippen LogP contribution in [0, 0.1) is 5.92 Å². The number of hydrogen-bond acceptors (Lipinski definition) is 5. The molecule has 2 heterocycles. The van der Waals surface area contributed by atoms with Crippen LogP contribution in [0.2, 0.25) is 0 Å². The largest absolute Gasteiger partial charge is 0.477 e. The van der Waals surface area contributed by atoms with E-state index in [0.717, 1.165) is 43.3 Å². The van der Waals surface area contributed by atoms with Gasteiger partial charge in [0.05, 0.1) is 11.2 Å². The molecule has 1 saturated heterocycles. The number of piperazine rings is 1. The second-order valence-electron chi connectivity index (χ2n) is 6.49. The first-order valence-corrected chi connectivity index (χ1v) is 8.33. The summed E-state index contributed by atoms with van der Waals surface area (Å²) in [5.74, 6) is -0.453. The first-order chi connectivity index (χ1) is 9.82. The van der Waals surface area contributed by atoms with E-state index < -0.39 is 5.97 Å². The van der Waals surface area contributed by atoms with E-state index in [1.165, 1.54) is 11.3 Å². The van der Waals surface area contributed by atoms with Crippen molar-refractivity contribution in [2.24, 2.45) is 5.92 Å². The average Bonchev–Trinajstić information content (AvgIpc) is 2.83. The fourth-order valence-electron chi connectivity index (χ4n) is 2.66. The van der Waals surface area contributed by atoms with Crippen molar-refractivity contribution >= 4 is 17.3 Å². The minimum Gasteiger partial charge on any atom is -0.477 e. The van der Waals surface area contributed by atoms with E-state index in [4.69, 9.17) is 4.98 Å². The van der Waals surface area contributed by atoms with Gasteiger partial charge in [0, 0.05) is 26.2 Å². The number of carbonyl (C=O) groups is 1. The quantitative estimate of drug-likeness (QED) is 0.872. The molecule has 5 nitrogen and oxygen atoms in total. The van der Waals surface area contributed by atoms with Gasteiger partial charge in [0.25, 0.3) is 0 Å². The highest BCUT2D eigenvalue weighted by molar-refractivity contribution is 7.13. The molecule has 21 heavy (non-hydrogen) atoms. The Kier molecular flexibility index (Phi) is 5.01. The highest BCUT2D eigenvalue weighted by Gasteiger charge is 2.34. The number of carboxylic acid groups (broad SMARTS) is 1. The predicted molar refractivity (Wildman–Crippen MR) is 85.1 cm³/mol. The molecule has 1 aromatic heterocycles. The lowest BCUT2D eigenvalue weighted by Gasteiger charge is -2.39. The summed E-state index contributed by atoms with van der Waals surface area (Å²) in [7, 11) is 0. The molecule has 118 valence electrons. The normalized spacial score (nSPS) is 17.4. The third-order valence-electron chi connectivity index (χ3n) is 3.92. The molecule has 2 N–H and O–H groups in total. The van der Waals surface area contributed by atoms with Crippen molar-refractivity contribution in [1.82, 2.24) is 15.2 Å². The van der Waals surface area contributed by atoms with Gasteiger partial charge in [-0.15, -0.1) is 11.3 Å². The summed E-state index contributed by atoms with van der Waals surface area (Å²) in [5, 5.41) is 13.7. The molecule has 0 radical (unpaired) electrons. The van der Waals surface area contributed by atoms with E-state index in [1.807, 2.05) is 0 Å². The van der Waals surface area contributed by atoms with Gasteiger partial charge in [-0.1, -0.05) is 13.8 Å². The fourth-order valence-corrected chi connectivity index (χ4v) is 3.73. The summed E-state index contributed by atoms with van der Waals surface area (Å²) >= 11 is 1.34. The number of hydrogen-bond donors (Lipinski definition) is 2. The van der Waals surface area contributed by atoms with Crippen molar-refractivity contribution in [2.45, 2.75) is 39.7 Å². The second-order valence-corrected chi connectivity index (χ2v) is 7.49. The number of nitrogens with zero attached hydrogens (tertiary/aromatic N) is 2. The number of aromatic carboxylic acids is 1. The zero-order chi connectivity index (χ0) is 15.6. The van der Waals surface area contributed by atoms with Crippen molar-refractivity contribution in [3.63, 3.8) is 0 Å². The Morgan fingerprint density at radius 1 is 1.43 bits per heavy atom. The number of nitrogens with one attached hydrogen (secondary N) is 1. The van der Waals surface area contributed by atoms with Crippen molar-refractivity contribution in [2.75, 3.05) is 26.2 Å². The van der Waals surface area contributed by atoms with Gasteiger partial charge in [0.2, 0.25) is 0 Å². The molecule has 6 heteroatoms. The standard InChI is InChI=1S/C15H25N3O2S/c1-10(2)9-11-12(13(19)20)21-14(17-11)15(3,4)18-7-5-16-6-8-18/h10,16H,5-9H2,1-4H3,(H,19,20). The lowest BCUT2D eigenvalue weighted by atomic mass is 10.0. The van der Waals surface area contributed by atoms with Gasteiger partial charge in [0.15, 0.2) is 0 Å². The Labute approximate surface area is 130 Å². The molecular formula is C15H25N3O2S. The Morgan fingerprint density at radius 3 is 2.57 bits per heavy atom. The summed E-state index contributed by atoms with van der Waals surface area (Å²) in [6.45, 7) is 12.3. The molecule has 0 bridgehead atoms. The van der Waals surface area contributed by atoms with Crippen molar-refractivity contribution in [1.29, 1.82) is 0 Å². The number of rotatable bonds is 5. The molecule has 0 aliphatic carbocycles. The highest BCUT2D eigenvalue weighted by atomic mass is 32.1. The van der Waals surface area contributed by atoms with Crippen LogP contribution in [0.4, 0.5) is 0 Å². The van der Waals surface area contributed by atoms with Crippen LogP contribution in [0.3, 0.4) is 0 Å². The molecular weight excluding hydrogens is 286 g/mol. The van der Waals surface area contributed by atoms with Crippen molar-refractivity contribution < 1.29 is 9.90 Å². The molecule has 1 aliphatic heterocycles. The molecule has 0 spiro atoms. The second kappa shape index (κ2) is 6.42. The molecule has 0 unspecified atom stereocenters. The SMILES string of the molecule is CC(C)Cc1nc(C(C)(C)N2CCNCC2)sc1C(=O)O. The third-order valence-corrected chi connectivity index (χ3v) is 5.32. The van der Waals surface area contributed by atoms with Crippen LogP contribution in [0.15, 0.2) is 0 Å². The molecule has 2 rings (SSSR count). The van der Waals surface area contributed by atoms with E-state index in [1.54, 1.807) is 0 Å². The van der Waals surface area contributed by atoms with Crippen molar-refractivity contribution in [3.05, 3.63) is 15.6 Å². The maximum absolute atomic E-state index is 11.5. The van der Waals surface area contributed by atoms with Crippen LogP contribution in [0.5, 0.6) is 0 Å². The summed E-state index contributed by atoms with van der Waals surface area (Å²) in [6, 6.07) is 0. The minimum absolute atomic E-state index is 0.216. The zero-order valence-corrected chi connectivity index (χ0v) is 14.1. The Bertz CT molecular complexity index is 505. The lowest BCUT2D eigenvalue weighted by Crippen LogP contribution is -2.51. The van der Waals surface area contributed by atoms with Crippen LogP contribution in [-0.4, -0.2) is 47.1 Å². The summed E-state index contributed by atoms with van der Waals surface area (Å²) < 4.78 is 0. The first-order valence-electron chi connectivity index (χ1n) is 7.51.